The fourth-order valence-electron chi connectivity index (χ4n) is 2.69. The lowest BCUT2D eigenvalue weighted by atomic mass is 10.2. The Morgan fingerprint density at radius 1 is 1.65 bits per heavy atom. The van der Waals surface area contributed by atoms with Gasteiger partial charge in [0.05, 0.1) is 21.0 Å². The van der Waals surface area contributed by atoms with Crippen LogP contribution in [0.15, 0.2) is 5.51 Å². The number of thiazole rings is 1. The molecule has 3 rings (SSSR count). The number of ether oxygens (including phenoxy) is 1. The van der Waals surface area contributed by atoms with Crippen LogP contribution in [-0.2, 0) is 20.9 Å². The third kappa shape index (κ3) is 2.22. The van der Waals surface area contributed by atoms with Crippen molar-refractivity contribution in [1.29, 1.82) is 0 Å². The number of hydrogen-bond acceptors (Lipinski definition) is 6. The lowest BCUT2D eigenvalue weighted by Gasteiger charge is -2.29. The second-order valence-corrected chi connectivity index (χ2v) is 7.68. The molecule has 2 aliphatic heterocycles. The summed E-state index contributed by atoms with van der Waals surface area (Å²) in [6.45, 7) is 4.17. The monoisotopic (exact) mass is 312 g/mol. The van der Waals surface area contributed by atoms with E-state index in [1.165, 1.54) is 11.3 Å². The predicted molar refractivity (Wildman–Crippen MR) is 77.4 cm³/mol. The molecule has 0 N–H and O–H groups in total. The zero-order valence-corrected chi connectivity index (χ0v) is 13.1. The molecule has 5 nitrogen and oxygen atoms in total. The van der Waals surface area contributed by atoms with Gasteiger partial charge >= 0.3 is 5.97 Å². The van der Waals surface area contributed by atoms with E-state index in [2.05, 4.69) is 4.98 Å². The van der Waals surface area contributed by atoms with Gasteiger partial charge in [0.2, 0.25) is 5.91 Å². The highest BCUT2D eigenvalue weighted by Gasteiger charge is 2.53. The SMILES string of the molecule is Cc1ncsc1COC(=O)[C@H]1CS[C@]2(C)CCC(=O)N12. The Hall–Kier alpha value is -1.08. The highest BCUT2D eigenvalue weighted by Crippen LogP contribution is 2.47. The van der Waals surface area contributed by atoms with E-state index in [0.29, 0.717) is 12.2 Å². The summed E-state index contributed by atoms with van der Waals surface area (Å²) in [5, 5.41) is 0. The van der Waals surface area contributed by atoms with Crippen LogP contribution in [-0.4, -0.2) is 38.4 Å². The summed E-state index contributed by atoms with van der Waals surface area (Å²) in [6, 6.07) is -0.437. The van der Waals surface area contributed by atoms with Crippen molar-refractivity contribution in [2.75, 3.05) is 5.75 Å². The largest absolute Gasteiger partial charge is 0.458 e. The van der Waals surface area contributed by atoms with Crippen LogP contribution in [0.2, 0.25) is 0 Å². The maximum Gasteiger partial charge on any atom is 0.330 e. The van der Waals surface area contributed by atoms with Crippen molar-refractivity contribution in [2.24, 2.45) is 0 Å². The first-order chi connectivity index (χ1) is 9.51. The third-order valence-corrected chi connectivity index (χ3v) is 6.32. The minimum Gasteiger partial charge on any atom is -0.458 e. The highest BCUT2D eigenvalue weighted by molar-refractivity contribution is 8.01. The van der Waals surface area contributed by atoms with Crippen molar-refractivity contribution in [1.82, 2.24) is 9.88 Å². The minimum atomic E-state index is -0.437. The molecule has 108 valence electrons. The molecule has 20 heavy (non-hydrogen) atoms. The molecule has 0 bridgehead atoms. The molecule has 0 spiro atoms. The van der Waals surface area contributed by atoms with Crippen LogP contribution in [0.25, 0.3) is 0 Å². The van der Waals surface area contributed by atoms with Gasteiger partial charge in [0, 0.05) is 12.2 Å². The molecule has 0 saturated carbocycles. The Labute approximate surface area is 125 Å². The molecule has 3 heterocycles. The summed E-state index contributed by atoms with van der Waals surface area (Å²) < 4.78 is 5.38. The van der Waals surface area contributed by atoms with E-state index in [1.807, 2.05) is 13.8 Å². The van der Waals surface area contributed by atoms with E-state index in [9.17, 15) is 9.59 Å². The first-order valence-electron chi connectivity index (χ1n) is 6.53. The molecule has 2 fully saturated rings. The molecule has 0 unspecified atom stereocenters. The van der Waals surface area contributed by atoms with E-state index in [1.54, 1.807) is 22.2 Å². The van der Waals surface area contributed by atoms with Gasteiger partial charge in [-0.05, 0) is 20.3 Å². The fraction of sp³-hybridized carbons (Fsp3) is 0.615. The topological polar surface area (TPSA) is 59.5 Å². The Kier molecular flexibility index (Phi) is 3.50. The van der Waals surface area contributed by atoms with Gasteiger partial charge in [-0.2, -0.15) is 0 Å². The van der Waals surface area contributed by atoms with E-state index < -0.39 is 6.04 Å². The molecule has 1 aromatic heterocycles. The van der Waals surface area contributed by atoms with Crippen molar-refractivity contribution < 1.29 is 14.3 Å². The summed E-state index contributed by atoms with van der Waals surface area (Å²) >= 11 is 3.16. The summed E-state index contributed by atoms with van der Waals surface area (Å²) in [4.78, 5) is 30.8. The first-order valence-corrected chi connectivity index (χ1v) is 8.39. The average Bonchev–Trinajstić information content (AvgIpc) is 3.04. The van der Waals surface area contributed by atoms with Crippen LogP contribution in [0, 0.1) is 6.92 Å². The number of esters is 1. The fourth-order valence-corrected chi connectivity index (χ4v) is 4.80. The predicted octanol–water partition coefficient (Wildman–Crippen LogP) is 1.95. The molecule has 2 saturated heterocycles. The summed E-state index contributed by atoms with van der Waals surface area (Å²) in [6.07, 6.45) is 1.34. The molecule has 1 amide bonds. The number of nitrogens with zero attached hydrogens (tertiary/aromatic N) is 2. The second kappa shape index (κ2) is 5.04. The van der Waals surface area contributed by atoms with Gasteiger partial charge in [0.15, 0.2) is 0 Å². The molecule has 0 aromatic carbocycles. The molecular weight excluding hydrogens is 296 g/mol. The van der Waals surface area contributed by atoms with Gasteiger partial charge in [0.25, 0.3) is 0 Å². The Balaban J connectivity index is 1.66. The number of aryl methyl sites for hydroxylation is 1. The van der Waals surface area contributed by atoms with Gasteiger partial charge in [-0.25, -0.2) is 9.78 Å². The standard InChI is InChI=1S/C13H16N2O3S2/c1-8-10(19-7-14-8)5-18-12(17)9-6-20-13(2)4-3-11(16)15(9)13/h7,9H,3-6H2,1-2H3/t9-,13-/m1/s1. The zero-order valence-electron chi connectivity index (χ0n) is 11.4. The number of fused-ring (bicyclic) bond motifs is 1. The molecule has 0 radical (unpaired) electrons. The second-order valence-electron chi connectivity index (χ2n) is 5.23. The number of rotatable bonds is 3. The van der Waals surface area contributed by atoms with E-state index >= 15 is 0 Å². The van der Waals surface area contributed by atoms with E-state index in [0.717, 1.165) is 17.0 Å². The number of aromatic nitrogens is 1. The zero-order chi connectivity index (χ0) is 14.3. The Bertz CT molecular complexity index is 560. The number of carbonyl (C=O) groups is 2. The smallest absolute Gasteiger partial charge is 0.330 e. The van der Waals surface area contributed by atoms with Gasteiger partial charge in [-0.1, -0.05) is 0 Å². The highest BCUT2D eigenvalue weighted by atomic mass is 32.2. The van der Waals surface area contributed by atoms with E-state index in [4.69, 9.17) is 4.74 Å². The van der Waals surface area contributed by atoms with Crippen LogP contribution in [0.3, 0.4) is 0 Å². The van der Waals surface area contributed by atoms with Gasteiger partial charge in [-0.3, -0.25) is 4.79 Å². The number of carbonyl (C=O) groups excluding carboxylic acids is 2. The van der Waals surface area contributed by atoms with Crippen molar-refractivity contribution >= 4 is 35.0 Å². The van der Waals surface area contributed by atoms with Crippen molar-refractivity contribution in [3.8, 4) is 0 Å². The van der Waals surface area contributed by atoms with Crippen LogP contribution in [0.1, 0.15) is 30.3 Å². The molecular formula is C13H16N2O3S2. The molecule has 0 aliphatic carbocycles. The number of amides is 1. The van der Waals surface area contributed by atoms with Crippen LogP contribution < -0.4 is 0 Å². The molecule has 1 aromatic rings. The van der Waals surface area contributed by atoms with Crippen LogP contribution >= 0.6 is 23.1 Å². The molecule has 2 aliphatic rings. The Morgan fingerprint density at radius 2 is 2.45 bits per heavy atom. The van der Waals surface area contributed by atoms with Crippen LogP contribution in [0.5, 0.6) is 0 Å². The summed E-state index contributed by atoms with van der Waals surface area (Å²) in [5.74, 6) is 0.389. The summed E-state index contributed by atoms with van der Waals surface area (Å²) in [5.41, 5.74) is 2.64. The lowest BCUT2D eigenvalue weighted by molar-refractivity contribution is -0.154. The molecule has 7 heteroatoms. The number of thioether (sulfide) groups is 1. The van der Waals surface area contributed by atoms with Crippen molar-refractivity contribution in [3.05, 3.63) is 16.1 Å². The van der Waals surface area contributed by atoms with Crippen LogP contribution in [0.4, 0.5) is 0 Å². The van der Waals surface area contributed by atoms with E-state index in [-0.39, 0.29) is 23.4 Å². The maximum atomic E-state index is 12.2. The lowest BCUT2D eigenvalue weighted by Crippen LogP contribution is -2.46. The first kappa shape index (κ1) is 13.9. The average molecular weight is 312 g/mol. The minimum absolute atomic E-state index is 0.0634. The van der Waals surface area contributed by atoms with Gasteiger partial charge in [-0.15, -0.1) is 23.1 Å². The maximum absolute atomic E-state index is 12.2. The number of hydrogen-bond donors (Lipinski definition) is 0. The normalized spacial score (nSPS) is 28.8. The van der Waals surface area contributed by atoms with Gasteiger partial charge in [0.1, 0.15) is 12.6 Å². The third-order valence-electron chi connectivity index (χ3n) is 3.91. The van der Waals surface area contributed by atoms with Crippen molar-refractivity contribution in [2.45, 2.75) is 44.2 Å². The Morgan fingerprint density at radius 3 is 3.15 bits per heavy atom. The van der Waals surface area contributed by atoms with Crippen molar-refractivity contribution in [3.63, 3.8) is 0 Å². The quantitative estimate of drug-likeness (QED) is 0.798. The summed E-state index contributed by atoms with van der Waals surface area (Å²) in [7, 11) is 0. The molecule has 2 atom stereocenters. The van der Waals surface area contributed by atoms with Gasteiger partial charge < -0.3 is 9.64 Å².